The van der Waals surface area contributed by atoms with E-state index in [1.54, 1.807) is 12.4 Å². The van der Waals surface area contributed by atoms with Crippen LogP contribution in [0.5, 0.6) is 0 Å². The Kier molecular flexibility index (Phi) is 3.47. The lowest BCUT2D eigenvalue weighted by Gasteiger charge is -2.05. The van der Waals surface area contributed by atoms with Gasteiger partial charge in [0.05, 0.1) is 4.47 Å². The zero-order valence-corrected chi connectivity index (χ0v) is 8.80. The molecule has 0 aromatic carbocycles. The summed E-state index contributed by atoms with van der Waals surface area (Å²) in [4.78, 5) is 8.16. The van der Waals surface area contributed by atoms with Crippen molar-refractivity contribution in [1.29, 1.82) is 0 Å². The maximum Gasteiger partial charge on any atom is 0.222 e. The topological polar surface area (TPSA) is 37.8 Å². The molecule has 0 bridgehead atoms. The van der Waals surface area contributed by atoms with Crippen LogP contribution in [0.3, 0.4) is 0 Å². The van der Waals surface area contributed by atoms with Gasteiger partial charge < -0.3 is 5.32 Å². The van der Waals surface area contributed by atoms with E-state index in [2.05, 4.69) is 45.1 Å². The number of rotatable bonds is 3. The number of aromatic nitrogens is 2. The summed E-state index contributed by atoms with van der Waals surface area (Å²) in [6.07, 6.45) is 3.46. The quantitative estimate of drug-likeness (QED) is 0.865. The van der Waals surface area contributed by atoms with Crippen molar-refractivity contribution < 1.29 is 0 Å². The van der Waals surface area contributed by atoms with E-state index in [1.165, 1.54) is 0 Å². The Morgan fingerprint density at radius 2 is 2.00 bits per heavy atom. The minimum Gasteiger partial charge on any atom is -0.354 e. The van der Waals surface area contributed by atoms with Crippen LogP contribution in [0.1, 0.15) is 13.8 Å². The van der Waals surface area contributed by atoms with Gasteiger partial charge in [-0.1, -0.05) is 13.8 Å². The Balaban J connectivity index is 2.48. The number of hydrogen-bond acceptors (Lipinski definition) is 3. The van der Waals surface area contributed by atoms with Crippen LogP contribution < -0.4 is 5.32 Å². The van der Waals surface area contributed by atoms with E-state index < -0.39 is 0 Å². The van der Waals surface area contributed by atoms with E-state index in [0.29, 0.717) is 11.9 Å². The van der Waals surface area contributed by atoms with Gasteiger partial charge in [0.2, 0.25) is 5.95 Å². The van der Waals surface area contributed by atoms with Crippen LogP contribution in [0.25, 0.3) is 0 Å². The Labute approximate surface area is 80.7 Å². The highest BCUT2D eigenvalue weighted by Crippen LogP contribution is 2.06. The van der Waals surface area contributed by atoms with Gasteiger partial charge in [0.25, 0.3) is 0 Å². The maximum atomic E-state index is 4.08. The average Bonchev–Trinajstić information content (AvgIpc) is 2.03. The van der Waals surface area contributed by atoms with Gasteiger partial charge in [-0.25, -0.2) is 9.97 Å². The van der Waals surface area contributed by atoms with Gasteiger partial charge in [-0.2, -0.15) is 0 Å². The molecule has 0 spiro atoms. The number of anilines is 1. The Morgan fingerprint density at radius 3 is 2.50 bits per heavy atom. The second-order valence-electron chi connectivity index (χ2n) is 3.00. The lowest BCUT2D eigenvalue weighted by molar-refractivity contribution is 0.684. The fraction of sp³-hybridized carbons (Fsp3) is 0.500. The third-order valence-corrected chi connectivity index (χ3v) is 1.70. The summed E-state index contributed by atoms with van der Waals surface area (Å²) in [5.74, 6) is 1.30. The number of hydrogen-bond donors (Lipinski definition) is 1. The molecule has 1 rings (SSSR count). The molecule has 66 valence electrons. The summed E-state index contributed by atoms with van der Waals surface area (Å²) in [6.45, 7) is 5.19. The summed E-state index contributed by atoms with van der Waals surface area (Å²) in [5, 5.41) is 3.13. The predicted octanol–water partition coefficient (Wildman–Crippen LogP) is 2.31. The summed E-state index contributed by atoms with van der Waals surface area (Å²) in [6, 6.07) is 0. The van der Waals surface area contributed by atoms with E-state index >= 15 is 0 Å². The molecule has 0 unspecified atom stereocenters. The highest BCUT2D eigenvalue weighted by molar-refractivity contribution is 9.10. The largest absolute Gasteiger partial charge is 0.354 e. The Bertz CT molecular complexity index is 233. The normalized spacial score (nSPS) is 10.3. The summed E-state index contributed by atoms with van der Waals surface area (Å²) in [7, 11) is 0. The van der Waals surface area contributed by atoms with E-state index in [-0.39, 0.29) is 0 Å². The van der Waals surface area contributed by atoms with Crippen molar-refractivity contribution in [3.63, 3.8) is 0 Å². The maximum absolute atomic E-state index is 4.08. The van der Waals surface area contributed by atoms with Gasteiger partial charge >= 0.3 is 0 Å². The smallest absolute Gasteiger partial charge is 0.222 e. The molecular formula is C8H12BrN3. The summed E-state index contributed by atoms with van der Waals surface area (Å²) in [5.41, 5.74) is 0. The second kappa shape index (κ2) is 4.40. The Morgan fingerprint density at radius 1 is 1.42 bits per heavy atom. The van der Waals surface area contributed by atoms with Crippen LogP contribution in [0, 0.1) is 5.92 Å². The van der Waals surface area contributed by atoms with Crippen molar-refractivity contribution in [2.45, 2.75) is 13.8 Å². The molecule has 0 amide bonds. The minimum absolute atomic E-state index is 0.609. The molecular weight excluding hydrogens is 218 g/mol. The minimum atomic E-state index is 0.609. The van der Waals surface area contributed by atoms with Crippen molar-refractivity contribution >= 4 is 21.9 Å². The van der Waals surface area contributed by atoms with Crippen molar-refractivity contribution in [3.8, 4) is 0 Å². The van der Waals surface area contributed by atoms with Crippen molar-refractivity contribution in [2.75, 3.05) is 11.9 Å². The molecule has 0 aliphatic carbocycles. The molecule has 0 saturated carbocycles. The van der Waals surface area contributed by atoms with E-state index in [9.17, 15) is 0 Å². The van der Waals surface area contributed by atoms with Gasteiger partial charge in [0, 0.05) is 18.9 Å². The molecule has 4 heteroatoms. The zero-order valence-electron chi connectivity index (χ0n) is 7.21. The van der Waals surface area contributed by atoms with Crippen LogP contribution in [-0.4, -0.2) is 16.5 Å². The van der Waals surface area contributed by atoms with E-state index in [4.69, 9.17) is 0 Å². The first-order chi connectivity index (χ1) is 5.68. The molecule has 0 saturated heterocycles. The van der Waals surface area contributed by atoms with Crippen molar-refractivity contribution in [1.82, 2.24) is 9.97 Å². The fourth-order valence-electron chi connectivity index (χ4n) is 0.699. The van der Waals surface area contributed by atoms with Gasteiger partial charge in [-0.3, -0.25) is 0 Å². The van der Waals surface area contributed by atoms with Crippen LogP contribution >= 0.6 is 15.9 Å². The van der Waals surface area contributed by atoms with Crippen LogP contribution in [0.15, 0.2) is 16.9 Å². The van der Waals surface area contributed by atoms with Crippen molar-refractivity contribution in [3.05, 3.63) is 16.9 Å². The van der Waals surface area contributed by atoms with Crippen LogP contribution in [0.4, 0.5) is 5.95 Å². The molecule has 0 atom stereocenters. The monoisotopic (exact) mass is 229 g/mol. The van der Waals surface area contributed by atoms with E-state index in [0.717, 1.165) is 11.0 Å². The van der Waals surface area contributed by atoms with Crippen molar-refractivity contribution in [2.24, 2.45) is 5.92 Å². The first-order valence-electron chi connectivity index (χ1n) is 3.90. The van der Waals surface area contributed by atoms with Crippen LogP contribution in [0.2, 0.25) is 0 Å². The highest BCUT2D eigenvalue weighted by Gasteiger charge is 1.96. The number of nitrogens with one attached hydrogen (secondary N) is 1. The Hall–Kier alpha value is -0.640. The SMILES string of the molecule is CC(C)CNc1ncc(Br)cn1. The molecule has 1 heterocycles. The summed E-state index contributed by atoms with van der Waals surface area (Å²) < 4.78 is 0.901. The molecule has 1 aromatic heterocycles. The first-order valence-corrected chi connectivity index (χ1v) is 4.69. The molecule has 12 heavy (non-hydrogen) atoms. The molecule has 0 fully saturated rings. The molecule has 3 nitrogen and oxygen atoms in total. The first kappa shape index (κ1) is 9.45. The third-order valence-electron chi connectivity index (χ3n) is 1.29. The number of halogens is 1. The predicted molar refractivity (Wildman–Crippen MR) is 53.1 cm³/mol. The average molecular weight is 230 g/mol. The summed E-state index contributed by atoms with van der Waals surface area (Å²) >= 11 is 3.27. The third kappa shape index (κ3) is 3.17. The van der Waals surface area contributed by atoms with Gasteiger partial charge in [0.15, 0.2) is 0 Å². The van der Waals surface area contributed by atoms with Gasteiger partial charge in [-0.15, -0.1) is 0 Å². The molecule has 0 aliphatic rings. The molecule has 0 aliphatic heterocycles. The van der Waals surface area contributed by atoms with Gasteiger partial charge in [0.1, 0.15) is 0 Å². The standard InChI is InChI=1S/C8H12BrN3/c1-6(2)3-10-8-11-4-7(9)5-12-8/h4-6H,3H2,1-2H3,(H,10,11,12). The zero-order chi connectivity index (χ0) is 8.97. The van der Waals surface area contributed by atoms with Gasteiger partial charge in [-0.05, 0) is 21.8 Å². The van der Waals surface area contributed by atoms with Crippen LogP contribution in [-0.2, 0) is 0 Å². The van der Waals surface area contributed by atoms with E-state index in [1.807, 2.05) is 0 Å². The number of nitrogens with zero attached hydrogens (tertiary/aromatic N) is 2. The second-order valence-corrected chi connectivity index (χ2v) is 3.92. The highest BCUT2D eigenvalue weighted by atomic mass is 79.9. The molecule has 0 radical (unpaired) electrons. The molecule has 1 aromatic rings. The lowest BCUT2D eigenvalue weighted by atomic mass is 10.2. The fourth-order valence-corrected chi connectivity index (χ4v) is 0.904. The molecule has 1 N–H and O–H groups in total. The lowest BCUT2D eigenvalue weighted by Crippen LogP contribution is -2.10.